The minimum atomic E-state index is -0.344. The molecule has 0 aliphatic carbocycles. The number of amides is 2. The molecule has 0 radical (unpaired) electrons. The van der Waals surface area contributed by atoms with Gasteiger partial charge in [0.2, 0.25) is 0 Å². The van der Waals surface area contributed by atoms with Crippen molar-refractivity contribution in [2.24, 2.45) is 0 Å². The minimum Gasteiger partial charge on any atom is -0.352 e. The first-order valence-electron chi connectivity index (χ1n) is 7.40. The number of nitrogens with one attached hydrogen (secondary N) is 2. The number of nitrogens with zero attached hydrogens (tertiary/aromatic N) is 2. The second-order valence-corrected chi connectivity index (χ2v) is 6.55. The van der Waals surface area contributed by atoms with Gasteiger partial charge < -0.3 is 15.5 Å². The van der Waals surface area contributed by atoms with Crippen molar-refractivity contribution < 1.29 is 9.59 Å². The number of carbonyl (C=O) groups is 2. The molecular weight excluding hydrogens is 280 g/mol. The Morgan fingerprint density at radius 2 is 1.91 bits per heavy atom. The summed E-state index contributed by atoms with van der Waals surface area (Å²) in [6.07, 6.45) is 2.35. The van der Waals surface area contributed by atoms with Crippen LogP contribution in [0.1, 0.15) is 48.0 Å². The molecule has 1 heterocycles. The van der Waals surface area contributed by atoms with E-state index >= 15 is 0 Å². The Bertz CT molecular complexity index is 521. The SMILES string of the molecule is CN(C)CCCNC(=O)c1ccnc(C(=O)NC(C)(C)C)c1. The Morgan fingerprint density at radius 3 is 2.50 bits per heavy atom. The maximum atomic E-state index is 12.1. The first-order chi connectivity index (χ1) is 10.2. The van der Waals surface area contributed by atoms with E-state index in [1.54, 1.807) is 6.07 Å². The molecule has 1 aromatic rings. The summed E-state index contributed by atoms with van der Waals surface area (Å²) in [6.45, 7) is 7.20. The van der Waals surface area contributed by atoms with Crippen molar-refractivity contribution in [2.45, 2.75) is 32.7 Å². The van der Waals surface area contributed by atoms with Crippen LogP contribution < -0.4 is 10.6 Å². The average molecular weight is 306 g/mol. The van der Waals surface area contributed by atoms with Crippen LogP contribution in [0.25, 0.3) is 0 Å². The van der Waals surface area contributed by atoms with Gasteiger partial charge in [0.05, 0.1) is 0 Å². The number of hydrogen-bond acceptors (Lipinski definition) is 4. The number of rotatable bonds is 6. The molecule has 6 heteroatoms. The molecule has 0 bridgehead atoms. The van der Waals surface area contributed by atoms with Crippen LogP contribution in [0.3, 0.4) is 0 Å². The molecular formula is C16H26N4O2. The van der Waals surface area contributed by atoms with Crippen LogP contribution in [-0.4, -0.2) is 54.4 Å². The van der Waals surface area contributed by atoms with Gasteiger partial charge >= 0.3 is 0 Å². The standard InChI is InChI=1S/C16H26N4O2/c1-16(2,3)19-15(22)13-11-12(7-9-17-13)14(21)18-8-6-10-20(4)5/h7,9,11H,6,8,10H2,1-5H3,(H,18,21)(H,19,22). The zero-order chi connectivity index (χ0) is 16.8. The van der Waals surface area contributed by atoms with Crippen molar-refractivity contribution in [3.63, 3.8) is 0 Å². The Kier molecular flexibility index (Phi) is 6.49. The molecule has 0 aromatic carbocycles. The van der Waals surface area contributed by atoms with E-state index < -0.39 is 0 Å². The summed E-state index contributed by atoms with van der Waals surface area (Å²) >= 11 is 0. The van der Waals surface area contributed by atoms with Crippen LogP contribution >= 0.6 is 0 Å². The lowest BCUT2D eigenvalue weighted by Crippen LogP contribution is -2.41. The Hall–Kier alpha value is -1.95. The van der Waals surface area contributed by atoms with Gasteiger partial charge in [0.1, 0.15) is 5.69 Å². The summed E-state index contributed by atoms with van der Waals surface area (Å²) in [6, 6.07) is 3.12. The molecule has 0 saturated heterocycles. The highest BCUT2D eigenvalue weighted by Crippen LogP contribution is 2.05. The molecule has 0 unspecified atom stereocenters. The number of aromatic nitrogens is 1. The molecule has 6 nitrogen and oxygen atoms in total. The molecule has 0 saturated carbocycles. The van der Waals surface area contributed by atoms with E-state index in [9.17, 15) is 9.59 Å². The van der Waals surface area contributed by atoms with E-state index in [1.807, 2.05) is 34.9 Å². The summed E-state index contributed by atoms with van der Waals surface area (Å²) in [5.74, 6) is -0.472. The van der Waals surface area contributed by atoms with Crippen LogP contribution in [0.5, 0.6) is 0 Å². The lowest BCUT2D eigenvalue weighted by Gasteiger charge is -2.20. The van der Waals surface area contributed by atoms with Crippen LogP contribution in [0.2, 0.25) is 0 Å². The van der Waals surface area contributed by atoms with Gasteiger partial charge in [-0.25, -0.2) is 0 Å². The molecule has 1 aromatic heterocycles. The van der Waals surface area contributed by atoms with Crippen molar-refractivity contribution in [3.05, 3.63) is 29.6 Å². The maximum Gasteiger partial charge on any atom is 0.270 e. The first kappa shape index (κ1) is 18.1. The minimum absolute atomic E-state index is 0.189. The van der Waals surface area contributed by atoms with Gasteiger partial charge in [-0.3, -0.25) is 14.6 Å². The quantitative estimate of drug-likeness (QED) is 0.777. The molecule has 2 N–H and O–H groups in total. The Morgan fingerprint density at radius 1 is 1.23 bits per heavy atom. The lowest BCUT2D eigenvalue weighted by atomic mass is 10.1. The van der Waals surface area contributed by atoms with Gasteiger partial charge in [-0.1, -0.05) is 0 Å². The van der Waals surface area contributed by atoms with Gasteiger partial charge in [0.25, 0.3) is 11.8 Å². The molecule has 0 atom stereocenters. The fraction of sp³-hybridized carbons (Fsp3) is 0.562. The predicted octanol–water partition coefficient (Wildman–Crippen LogP) is 1.29. The van der Waals surface area contributed by atoms with E-state index in [2.05, 4.69) is 20.5 Å². The Balaban J connectivity index is 2.63. The van der Waals surface area contributed by atoms with E-state index in [4.69, 9.17) is 0 Å². The molecule has 122 valence electrons. The smallest absolute Gasteiger partial charge is 0.270 e. The predicted molar refractivity (Wildman–Crippen MR) is 87.0 cm³/mol. The third-order valence-corrected chi connectivity index (χ3v) is 2.81. The number of hydrogen-bond donors (Lipinski definition) is 2. The third kappa shape index (κ3) is 6.67. The van der Waals surface area contributed by atoms with Gasteiger partial charge in [-0.2, -0.15) is 0 Å². The van der Waals surface area contributed by atoms with Gasteiger partial charge in [-0.15, -0.1) is 0 Å². The topological polar surface area (TPSA) is 74.3 Å². The van der Waals surface area contributed by atoms with Crippen molar-refractivity contribution in [1.82, 2.24) is 20.5 Å². The highest BCUT2D eigenvalue weighted by atomic mass is 16.2. The average Bonchev–Trinajstić information content (AvgIpc) is 2.41. The van der Waals surface area contributed by atoms with Crippen LogP contribution in [-0.2, 0) is 0 Å². The highest BCUT2D eigenvalue weighted by molar-refractivity contribution is 5.98. The van der Waals surface area contributed by atoms with Crippen LogP contribution in [0.4, 0.5) is 0 Å². The van der Waals surface area contributed by atoms with Crippen molar-refractivity contribution in [2.75, 3.05) is 27.2 Å². The second kappa shape index (κ2) is 7.89. The lowest BCUT2D eigenvalue weighted by molar-refractivity contribution is 0.0914. The summed E-state index contributed by atoms with van der Waals surface area (Å²) in [4.78, 5) is 30.2. The summed E-state index contributed by atoms with van der Waals surface area (Å²) in [7, 11) is 3.98. The number of carbonyl (C=O) groups excluding carboxylic acids is 2. The van der Waals surface area contributed by atoms with Crippen molar-refractivity contribution in [3.8, 4) is 0 Å². The largest absolute Gasteiger partial charge is 0.352 e. The molecule has 1 rings (SSSR count). The molecule has 0 spiro atoms. The normalized spacial score (nSPS) is 11.4. The van der Waals surface area contributed by atoms with Crippen LogP contribution in [0, 0.1) is 0 Å². The molecule has 2 amide bonds. The summed E-state index contributed by atoms with van der Waals surface area (Å²) in [5.41, 5.74) is 0.346. The second-order valence-electron chi connectivity index (χ2n) is 6.55. The highest BCUT2D eigenvalue weighted by Gasteiger charge is 2.17. The summed E-state index contributed by atoms with van der Waals surface area (Å²) in [5, 5.41) is 5.67. The fourth-order valence-electron chi connectivity index (χ4n) is 1.80. The van der Waals surface area contributed by atoms with Gasteiger partial charge in [0.15, 0.2) is 0 Å². The van der Waals surface area contributed by atoms with Gasteiger partial charge in [-0.05, 0) is 60.0 Å². The zero-order valence-electron chi connectivity index (χ0n) is 14.1. The first-order valence-corrected chi connectivity index (χ1v) is 7.40. The van der Waals surface area contributed by atoms with E-state index in [0.717, 1.165) is 13.0 Å². The maximum absolute atomic E-state index is 12.1. The van der Waals surface area contributed by atoms with Gasteiger partial charge in [0, 0.05) is 23.8 Å². The van der Waals surface area contributed by atoms with Crippen molar-refractivity contribution in [1.29, 1.82) is 0 Å². The monoisotopic (exact) mass is 306 g/mol. The van der Waals surface area contributed by atoms with Crippen molar-refractivity contribution >= 4 is 11.8 Å². The molecule has 0 fully saturated rings. The Labute approximate surface area is 132 Å². The fourth-order valence-corrected chi connectivity index (χ4v) is 1.80. The van der Waals surface area contributed by atoms with E-state index in [-0.39, 0.29) is 23.0 Å². The molecule has 0 aliphatic rings. The molecule has 0 aliphatic heterocycles. The number of pyridine rings is 1. The van der Waals surface area contributed by atoms with E-state index in [0.29, 0.717) is 12.1 Å². The van der Waals surface area contributed by atoms with E-state index in [1.165, 1.54) is 12.3 Å². The molecule has 22 heavy (non-hydrogen) atoms. The third-order valence-electron chi connectivity index (χ3n) is 2.81. The zero-order valence-corrected chi connectivity index (χ0v) is 14.1. The summed E-state index contributed by atoms with van der Waals surface area (Å²) < 4.78 is 0. The van der Waals surface area contributed by atoms with Crippen LogP contribution in [0.15, 0.2) is 18.3 Å².